The van der Waals surface area contributed by atoms with E-state index in [1.54, 1.807) is 48.3 Å². The molecule has 2 aromatic heterocycles. The summed E-state index contributed by atoms with van der Waals surface area (Å²) in [6.07, 6.45) is -0.356. The van der Waals surface area contributed by atoms with Gasteiger partial charge in [-0.1, -0.05) is 18.2 Å². The predicted molar refractivity (Wildman–Crippen MR) is 94.8 cm³/mol. The molecule has 1 unspecified atom stereocenters. The number of alkyl halides is 3. The molecule has 1 N–H and O–H groups in total. The van der Waals surface area contributed by atoms with E-state index >= 15 is 0 Å². The fourth-order valence-corrected chi connectivity index (χ4v) is 2.75. The topological polar surface area (TPSA) is 69.0 Å². The first kappa shape index (κ1) is 19.4. The van der Waals surface area contributed by atoms with E-state index < -0.39 is 23.8 Å². The highest BCUT2D eigenvalue weighted by Crippen LogP contribution is 2.30. The zero-order valence-electron chi connectivity index (χ0n) is 15.1. The SMILES string of the molecule is COc1ccccc1C(NC(=O)c1ccc(C(F)(F)F)nc1)c1nccn1C. The first-order chi connectivity index (χ1) is 13.3. The molecule has 28 heavy (non-hydrogen) atoms. The van der Waals surface area contributed by atoms with Crippen molar-refractivity contribution in [1.82, 2.24) is 19.9 Å². The number of pyridine rings is 1. The molecule has 0 aliphatic rings. The number of aromatic nitrogens is 3. The number of halogens is 3. The average molecular weight is 390 g/mol. The van der Waals surface area contributed by atoms with Gasteiger partial charge in [0.15, 0.2) is 0 Å². The number of rotatable bonds is 5. The third-order valence-corrected chi connectivity index (χ3v) is 4.16. The van der Waals surface area contributed by atoms with Gasteiger partial charge in [-0.15, -0.1) is 0 Å². The van der Waals surface area contributed by atoms with Crippen molar-refractivity contribution < 1.29 is 22.7 Å². The van der Waals surface area contributed by atoms with E-state index in [4.69, 9.17) is 4.74 Å². The molecule has 3 aromatic rings. The minimum absolute atomic E-state index is 0.00195. The first-order valence-electron chi connectivity index (χ1n) is 8.25. The molecule has 3 rings (SSSR count). The molecule has 0 spiro atoms. The summed E-state index contributed by atoms with van der Waals surface area (Å²) < 4.78 is 45.2. The Kier molecular flexibility index (Phi) is 5.34. The number of carbonyl (C=O) groups is 1. The van der Waals surface area contributed by atoms with E-state index in [0.29, 0.717) is 17.1 Å². The van der Waals surface area contributed by atoms with E-state index in [0.717, 1.165) is 18.3 Å². The smallest absolute Gasteiger partial charge is 0.433 e. The van der Waals surface area contributed by atoms with Crippen molar-refractivity contribution >= 4 is 5.91 Å². The van der Waals surface area contributed by atoms with Crippen LogP contribution in [0.2, 0.25) is 0 Å². The van der Waals surface area contributed by atoms with Gasteiger partial charge in [-0.3, -0.25) is 9.78 Å². The summed E-state index contributed by atoms with van der Waals surface area (Å²) in [5.74, 6) is 0.499. The standard InChI is InChI=1S/C19H17F3N4O2/c1-26-10-9-23-17(26)16(13-5-3-4-6-14(13)28-2)25-18(27)12-7-8-15(24-11-12)19(20,21)22/h3-11,16H,1-2H3,(H,25,27). The van der Waals surface area contributed by atoms with Crippen LogP contribution in [0, 0.1) is 0 Å². The molecule has 1 amide bonds. The summed E-state index contributed by atoms with van der Waals surface area (Å²) in [7, 11) is 3.28. The van der Waals surface area contributed by atoms with Crippen LogP contribution in [0.15, 0.2) is 55.0 Å². The number of para-hydroxylation sites is 1. The second-order valence-corrected chi connectivity index (χ2v) is 5.97. The summed E-state index contributed by atoms with van der Waals surface area (Å²) in [5, 5.41) is 2.80. The minimum atomic E-state index is -4.57. The van der Waals surface area contributed by atoms with Crippen LogP contribution in [-0.4, -0.2) is 27.6 Å². The van der Waals surface area contributed by atoms with Gasteiger partial charge in [-0.2, -0.15) is 13.2 Å². The lowest BCUT2D eigenvalue weighted by molar-refractivity contribution is -0.141. The fraction of sp³-hybridized carbons (Fsp3) is 0.211. The van der Waals surface area contributed by atoms with Crippen LogP contribution >= 0.6 is 0 Å². The summed E-state index contributed by atoms with van der Waals surface area (Å²) in [6, 6.07) is 8.29. The number of ether oxygens (including phenoxy) is 1. The molecule has 1 aromatic carbocycles. The number of nitrogens with zero attached hydrogens (tertiary/aromatic N) is 3. The zero-order chi connectivity index (χ0) is 20.3. The van der Waals surface area contributed by atoms with Crippen molar-refractivity contribution in [3.05, 3.63) is 77.6 Å². The number of hydrogen-bond donors (Lipinski definition) is 1. The Hall–Kier alpha value is -3.36. The quantitative estimate of drug-likeness (QED) is 0.725. The third-order valence-electron chi connectivity index (χ3n) is 4.16. The van der Waals surface area contributed by atoms with E-state index in [9.17, 15) is 18.0 Å². The lowest BCUT2D eigenvalue weighted by Gasteiger charge is -2.21. The molecule has 0 aliphatic heterocycles. The van der Waals surface area contributed by atoms with Gasteiger partial charge < -0.3 is 14.6 Å². The second-order valence-electron chi connectivity index (χ2n) is 5.97. The Morgan fingerprint density at radius 3 is 2.50 bits per heavy atom. The van der Waals surface area contributed by atoms with Gasteiger partial charge >= 0.3 is 6.18 Å². The summed E-state index contributed by atoms with van der Waals surface area (Å²) in [6.45, 7) is 0. The summed E-state index contributed by atoms with van der Waals surface area (Å²) in [4.78, 5) is 20.3. The maximum atomic E-state index is 12.7. The number of benzene rings is 1. The molecular weight excluding hydrogens is 373 g/mol. The van der Waals surface area contributed by atoms with Crippen molar-refractivity contribution in [2.24, 2.45) is 7.05 Å². The number of imidazole rings is 1. The van der Waals surface area contributed by atoms with Crippen molar-refractivity contribution in [1.29, 1.82) is 0 Å². The highest BCUT2D eigenvalue weighted by molar-refractivity contribution is 5.94. The third kappa shape index (κ3) is 3.98. The number of methoxy groups -OCH3 is 1. The molecule has 0 saturated heterocycles. The molecule has 0 bridgehead atoms. The van der Waals surface area contributed by atoms with Gasteiger partial charge in [0.1, 0.15) is 23.3 Å². The van der Waals surface area contributed by atoms with E-state index in [2.05, 4.69) is 15.3 Å². The number of aryl methyl sites for hydroxylation is 1. The Bertz CT molecular complexity index is 968. The maximum absolute atomic E-state index is 12.7. The molecule has 0 saturated carbocycles. The molecule has 0 fully saturated rings. The normalized spacial score (nSPS) is 12.5. The van der Waals surface area contributed by atoms with Gasteiger partial charge in [0.05, 0.1) is 12.7 Å². The number of hydrogen-bond acceptors (Lipinski definition) is 4. The van der Waals surface area contributed by atoms with E-state index in [-0.39, 0.29) is 5.56 Å². The van der Waals surface area contributed by atoms with E-state index in [1.807, 2.05) is 0 Å². The average Bonchev–Trinajstić information content (AvgIpc) is 3.11. The number of amides is 1. The minimum Gasteiger partial charge on any atom is -0.496 e. The van der Waals surface area contributed by atoms with Crippen molar-refractivity contribution in [2.75, 3.05) is 7.11 Å². The number of carbonyl (C=O) groups excluding carboxylic acids is 1. The molecule has 9 heteroatoms. The van der Waals surface area contributed by atoms with Gasteiger partial charge in [0, 0.05) is 31.2 Å². The van der Waals surface area contributed by atoms with Crippen molar-refractivity contribution in [3.63, 3.8) is 0 Å². The van der Waals surface area contributed by atoms with Crippen LogP contribution in [0.3, 0.4) is 0 Å². The van der Waals surface area contributed by atoms with Gasteiger partial charge in [-0.25, -0.2) is 4.98 Å². The first-order valence-corrected chi connectivity index (χ1v) is 8.25. The lowest BCUT2D eigenvalue weighted by atomic mass is 10.0. The predicted octanol–water partition coefficient (Wildman–Crippen LogP) is 3.36. The lowest BCUT2D eigenvalue weighted by Crippen LogP contribution is -2.31. The monoisotopic (exact) mass is 390 g/mol. The van der Waals surface area contributed by atoms with Crippen LogP contribution in [0.25, 0.3) is 0 Å². The Morgan fingerprint density at radius 2 is 1.93 bits per heavy atom. The highest BCUT2D eigenvalue weighted by Gasteiger charge is 2.32. The van der Waals surface area contributed by atoms with Crippen LogP contribution in [0.5, 0.6) is 5.75 Å². The molecule has 1 atom stereocenters. The van der Waals surface area contributed by atoms with Crippen LogP contribution in [0.1, 0.15) is 33.5 Å². The largest absolute Gasteiger partial charge is 0.496 e. The van der Waals surface area contributed by atoms with Gasteiger partial charge in [0.25, 0.3) is 5.91 Å². The van der Waals surface area contributed by atoms with Gasteiger partial charge in [-0.05, 0) is 18.2 Å². The molecule has 146 valence electrons. The Morgan fingerprint density at radius 1 is 1.18 bits per heavy atom. The summed E-state index contributed by atoms with van der Waals surface area (Å²) in [5.41, 5.74) is -0.399. The number of nitrogens with one attached hydrogen (secondary N) is 1. The molecule has 0 aliphatic carbocycles. The van der Waals surface area contributed by atoms with E-state index in [1.165, 1.54) is 7.11 Å². The summed E-state index contributed by atoms with van der Waals surface area (Å²) >= 11 is 0. The van der Waals surface area contributed by atoms with Crippen molar-refractivity contribution in [2.45, 2.75) is 12.2 Å². The molecule has 0 radical (unpaired) electrons. The fourth-order valence-electron chi connectivity index (χ4n) is 2.75. The van der Waals surface area contributed by atoms with Gasteiger partial charge in [0.2, 0.25) is 0 Å². The van der Waals surface area contributed by atoms with Crippen LogP contribution in [-0.2, 0) is 13.2 Å². The van der Waals surface area contributed by atoms with Crippen LogP contribution in [0.4, 0.5) is 13.2 Å². The Balaban J connectivity index is 1.94. The maximum Gasteiger partial charge on any atom is 0.433 e. The van der Waals surface area contributed by atoms with Crippen molar-refractivity contribution in [3.8, 4) is 5.75 Å². The zero-order valence-corrected chi connectivity index (χ0v) is 15.1. The Labute approximate surface area is 159 Å². The highest BCUT2D eigenvalue weighted by atomic mass is 19.4. The molecular formula is C19H17F3N4O2. The molecule has 2 heterocycles. The van der Waals surface area contributed by atoms with Crippen LogP contribution < -0.4 is 10.1 Å². The molecule has 6 nitrogen and oxygen atoms in total. The second kappa shape index (κ2) is 7.71.